The molecule has 0 saturated heterocycles. The number of halogens is 3. The van der Waals surface area contributed by atoms with Crippen molar-refractivity contribution in [2.45, 2.75) is 116 Å². The molecule has 5 saturated carbocycles. The smallest absolute Gasteiger partial charge is 0.493 e. The highest BCUT2D eigenvalue weighted by Crippen LogP contribution is 2.64. The van der Waals surface area contributed by atoms with Crippen LogP contribution in [0.25, 0.3) is 0 Å². The number of ketones is 1. The molecule has 26 heteroatoms. The number of carbonyl (C=O) groups is 6. The summed E-state index contributed by atoms with van der Waals surface area (Å²) < 4.78 is 117. The molecule has 15 rings (SSSR count). The van der Waals surface area contributed by atoms with Crippen LogP contribution in [0.4, 0.5) is 13.2 Å². The molecule has 10 aliphatic rings. The van der Waals surface area contributed by atoms with E-state index in [4.69, 9.17) is 65.5 Å². The van der Waals surface area contributed by atoms with Crippen molar-refractivity contribution in [1.29, 1.82) is 5.26 Å². The first-order chi connectivity index (χ1) is 50.8. The van der Waals surface area contributed by atoms with Crippen molar-refractivity contribution in [2.75, 3.05) is 66.1 Å². The Morgan fingerprint density at radius 3 is 1.07 bits per heavy atom. The zero-order valence-electron chi connectivity index (χ0n) is 61.8. The number of esters is 5. The van der Waals surface area contributed by atoms with Gasteiger partial charge in [0.1, 0.15) is 50.6 Å². The van der Waals surface area contributed by atoms with Gasteiger partial charge in [0.05, 0.1) is 107 Å². The van der Waals surface area contributed by atoms with Gasteiger partial charge in [-0.1, -0.05) is 87.5 Å². The standard InChI is InChI=1S/C18H22O3Si.C15H16O4.C15H14O3.C14H13F3O6S.C14H13NO3.C5H10Si/c1-5-20-18(19)17-14-11-21-15-10-12(8-9-22(2,3)4)6-7-13(15)16(14)17;1-3-18-15(17)14-11-7-19-12-6-9(8(2)16)4-5-10(12)13(11)14;1-3-9-5-6-10-12(7-9)18-8-11-13(10)14(11)15(16)17-4-2;1-2-21-13(18)12-9-6-22-10-5-7(3-4-8(10)11(9)12)23-24(19,20)14(15,16)17;1-2-17-14(16)13-10-7-18-11-5-8(6-15)3-4-9(11)12(10)13;1-5-6(2,3)4/h6-7,10,14,16-17H,5,11H2,1-4H3;4-6,11,13-14H,3,7H2,1-2H3;1,5-7,11,13-14H,4,8H2,2H3;3-5,9,11-12H,2,6H2,1H3;3-5,10,12-13H,2,7H2,1H3;1H,2-4H3/t14-,16+,17-;2*11-,13+,14-;9-,11+,12-;10-,12+,13-;/m11111./s1. The first-order valence-electron chi connectivity index (χ1n) is 35.8. The van der Waals surface area contributed by atoms with Crippen LogP contribution in [0.5, 0.6) is 34.5 Å². The number of nitrogens with zero attached hydrogens (tertiary/aromatic N) is 1. The first kappa shape index (κ1) is 79.8. The number of terminal acetylenes is 2. The van der Waals surface area contributed by atoms with Crippen molar-refractivity contribution >= 4 is 61.9 Å². The second kappa shape index (κ2) is 32.8. The minimum atomic E-state index is -5.74. The van der Waals surface area contributed by atoms with E-state index in [1.54, 1.807) is 31.2 Å². The first-order valence-corrected chi connectivity index (χ1v) is 44.2. The summed E-state index contributed by atoms with van der Waals surface area (Å²) in [6.45, 7) is 28.0. The third-order valence-electron chi connectivity index (χ3n) is 19.8. The summed E-state index contributed by atoms with van der Waals surface area (Å²) in [5.74, 6) is 9.15. The lowest BCUT2D eigenvalue weighted by atomic mass is 10.0. The van der Waals surface area contributed by atoms with E-state index in [2.05, 4.69) is 78.5 Å². The summed E-state index contributed by atoms with van der Waals surface area (Å²) in [6.07, 6.45) is 10.5. The zero-order chi connectivity index (χ0) is 77.8. The molecule has 0 aromatic heterocycles. The minimum absolute atomic E-state index is 0.0197. The Hall–Kier alpha value is -9.74. The predicted molar refractivity (Wildman–Crippen MR) is 392 cm³/mol. The predicted octanol–water partition coefficient (Wildman–Crippen LogP) is 12.9. The highest BCUT2D eigenvalue weighted by atomic mass is 32.2. The molecule has 5 fully saturated rings. The number of Topliss-reactive ketones (excluding diaryl/α,β-unsaturated/α-hetero) is 1. The van der Waals surface area contributed by atoms with Crippen molar-refractivity contribution in [1.82, 2.24) is 0 Å². The molecule has 5 aliphatic carbocycles. The third-order valence-corrected chi connectivity index (χ3v) is 22.6. The molecule has 0 spiro atoms. The summed E-state index contributed by atoms with van der Waals surface area (Å²) in [4.78, 5) is 70.6. The fourth-order valence-electron chi connectivity index (χ4n) is 14.4. The number of fused-ring (bicyclic) bond motifs is 15. The fourth-order valence-corrected chi connectivity index (χ4v) is 15.3. The van der Waals surface area contributed by atoms with Crippen LogP contribution in [0.3, 0.4) is 0 Å². The number of benzene rings is 5. The van der Waals surface area contributed by atoms with E-state index in [1.165, 1.54) is 13.0 Å². The molecule has 566 valence electrons. The van der Waals surface area contributed by atoms with Gasteiger partial charge in [-0.05, 0) is 118 Å². The average Bonchev–Trinajstić information content (AvgIpc) is 1.61. The van der Waals surface area contributed by atoms with Crippen LogP contribution in [-0.4, -0.2) is 132 Å². The molecule has 15 atom stereocenters. The Morgan fingerprint density at radius 1 is 0.467 bits per heavy atom. The molecule has 5 aromatic rings. The van der Waals surface area contributed by atoms with Crippen LogP contribution in [0.2, 0.25) is 39.3 Å². The van der Waals surface area contributed by atoms with E-state index < -0.39 is 37.5 Å². The van der Waals surface area contributed by atoms with Gasteiger partial charge in [-0.15, -0.1) is 23.9 Å². The molecule has 5 aromatic carbocycles. The van der Waals surface area contributed by atoms with Gasteiger partial charge < -0.3 is 51.6 Å². The molecule has 107 heavy (non-hydrogen) atoms. The van der Waals surface area contributed by atoms with E-state index in [1.807, 2.05) is 70.2 Å². The minimum Gasteiger partial charge on any atom is -0.493 e. The highest BCUT2D eigenvalue weighted by Gasteiger charge is 2.63. The van der Waals surface area contributed by atoms with Gasteiger partial charge in [-0.2, -0.15) is 26.9 Å². The summed E-state index contributed by atoms with van der Waals surface area (Å²) in [6, 6.07) is 28.4. The van der Waals surface area contributed by atoms with Crippen LogP contribution < -0.4 is 27.9 Å². The molecule has 0 N–H and O–H groups in total. The van der Waals surface area contributed by atoms with Gasteiger partial charge in [0.2, 0.25) is 0 Å². The van der Waals surface area contributed by atoms with E-state index in [0.29, 0.717) is 69.5 Å². The lowest BCUT2D eigenvalue weighted by Crippen LogP contribution is -2.28. The Morgan fingerprint density at radius 2 is 0.766 bits per heavy atom. The quantitative estimate of drug-likeness (QED) is 0.0202. The highest BCUT2D eigenvalue weighted by molar-refractivity contribution is 7.88. The van der Waals surface area contributed by atoms with Gasteiger partial charge in [-0.3, -0.25) is 28.8 Å². The molecular weight excluding hydrogens is 1440 g/mol. The fraction of sp³-hybridized carbons (Fsp3) is 0.469. The van der Waals surface area contributed by atoms with Crippen LogP contribution in [-0.2, 0) is 57.8 Å². The number of rotatable bonds is 13. The van der Waals surface area contributed by atoms with Gasteiger partial charge in [0, 0.05) is 81.9 Å². The molecular formula is C81H88F3NO19SSi2. The summed E-state index contributed by atoms with van der Waals surface area (Å²) in [5.41, 5.74) is 8.53. The van der Waals surface area contributed by atoms with Crippen LogP contribution in [0.15, 0.2) is 91.0 Å². The van der Waals surface area contributed by atoms with E-state index in [9.17, 15) is 50.4 Å². The zero-order valence-corrected chi connectivity index (χ0v) is 64.6. The van der Waals surface area contributed by atoms with Crippen molar-refractivity contribution in [3.8, 4) is 76.3 Å². The number of nitriles is 1. The number of alkyl halides is 3. The largest absolute Gasteiger partial charge is 0.534 e. The average molecular weight is 1520 g/mol. The topological polar surface area (TPSA) is 262 Å². The summed E-state index contributed by atoms with van der Waals surface area (Å²) in [7, 11) is -8.22. The maximum absolute atomic E-state index is 12.3. The molecule has 20 nitrogen and oxygen atoms in total. The second-order valence-electron chi connectivity index (χ2n) is 29.3. The number of hydrogen-bond acceptors (Lipinski definition) is 20. The number of ether oxygens (including phenoxy) is 10. The molecule has 5 aliphatic heterocycles. The number of carbonyl (C=O) groups excluding carboxylic acids is 6. The monoisotopic (exact) mass is 1520 g/mol. The molecule has 0 radical (unpaired) electrons. The van der Waals surface area contributed by atoms with E-state index >= 15 is 0 Å². The van der Waals surface area contributed by atoms with Crippen molar-refractivity contribution < 1.29 is 102 Å². The van der Waals surface area contributed by atoms with Crippen LogP contribution in [0.1, 0.15) is 126 Å². The maximum Gasteiger partial charge on any atom is 0.534 e. The molecule has 5 heterocycles. The van der Waals surface area contributed by atoms with Crippen molar-refractivity contribution in [2.24, 2.45) is 59.2 Å². The SMILES string of the molecule is C#C[Si](C)(C)C.C#Cc1ccc2c(c1)OC[C@H]1[C@@H](C(=O)OCC)[C@@H]21.CCOC(=O)[C@@H]1[C@@H]2COc3cc(C#C[Si](C)(C)C)ccc3[C@@H]21.CCOC(=O)[C@@H]1[C@@H]2COc3cc(C#N)ccc3[C@@H]21.CCOC(=O)[C@@H]1[C@@H]2COc3cc(C(C)=O)ccc3[C@@H]21.CCOC(=O)[C@@H]1[C@@H]2COc3cc(OS(=O)(=O)C(F)(F)F)ccc3[C@@H]21. The third kappa shape index (κ3) is 18.3. The Bertz CT molecular complexity index is 4470. The van der Waals surface area contributed by atoms with Crippen LogP contribution >= 0.6 is 0 Å². The van der Waals surface area contributed by atoms with Crippen molar-refractivity contribution in [3.05, 3.63) is 141 Å². The lowest BCUT2D eigenvalue weighted by Gasteiger charge is -2.17. The van der Waals surface area contributed by atoms with Gasteiger partial charge in [-0.25, -0.2) is 0 Å². The maximum atomic E-state index is 12.3. The van der Waals surface area contributed by atoms with Crippen LogP contribution in [0, 0.1) is 106 Å². The van der Waals surface area contributed by atoms with Gasteiger partial charge >= 0.3 is 45.5 Å². The normalized spacial score (nSPS) is 25.3. The van der Waals surface area contributed by atoms with Gasteiger partial charge in [0.15, 0.2) is 5.78 Å². The lowest BCUT2D eigenvalue weighted by molar-refractivity contribution is -0.146. The Balaban J connectivity index is 0.000000141. The van der Waals surface area contributed by atoms with Gasteiger partial charge in [0.25, 0.3) is 0 Å². The van der Waals surface area contributed by atoms with E-state index in [-0.39, 0.29) is 143 Å². The molecule has 0 amide bonds. The Labute approximate surface area is 624 Å². The molecule has 0 unspecified atom stereocenters. The number of hydrogen-bond donors (Lipinski definition) is 0. The van der Waals surface area contributed by atoms with Crippen molar-refractivity contribution in [3.63, 3.8) is 0 Å². The molecule has 0 bridgehead atoms. The summed E-state index contributed by atoms with van der Waals surface area (Å²) in [5, 5.41) is 8.85. The summed E-state index contributed by atoms with van der Waals surface area (Å²) >= 11 is 0. The second-order valence-corrected chi connectivity index (χ2v) is 40.4. The Kier molecular flexibility index (Phi) is 24.4. The van der Waals surface area contributed by atoms with E-state index in [0.717, 1.165) is 68.5 Å².